The Hall–Kier alpha value is -1.96. The van der Waals surface area contributed by atoms with E-state index in [2.05, 4.69) is 58.6 Å². The van der Waals surface area contributed by atoms with E-state index in [1.165, 1.54) is 16.7 Å². The number of ether oxygens (including phenoxy) is 2. The fourth-order valence-corrected chi connectivity index (χ4v) is 2.86. The molecule has 0 fully saturated rings. The highest BCUT2D eigenvalue weighted by Crippen LogP contribution is 2.36. The summed E-state index contributed by atoms with van der Waals surface area (Å²) >= 11 is 0. The highest BCUT2D eigenvalue weighted by atomic mass is 16.5. The minimum Gasteiger partial charge on any atom is -0.493 e. The molecule has 0 spiro atoms. The molecule has 0 aliphatic rings. The zero-order valence-corrected chi connectivity index (χ0v) is 16.8. The second-order valence-electron chi connectivity index (χ2n) is 7.10. The molecule has 25 heavy (non-hydrogen) atoms. The third kappa shape index (κ3) is 6.45. The van der Waals surface area contributed by atoms with Crippen LogP contribution in [0.4, 0.5) is 0 Å². The fraction of sp³-hybridized carbons (Fsp3) is 0.478. The molecule has 1 unspecified atom stereocenters. The van der Waals surface area contributed by atoms with Crippen molar-refractivity contribution in [3.63, 3.8) is 0 Å². The van der Waals surface area contributed by atoms with Crippen LogP contribution in [0.1, 0.15) is 58.9 Å². The normalized spacial score (nSPS) is 13.8. The van der Waals surface area contributed by atoms with E-state index in [-0.39, 0.29) is 5.41 Å². The molecule has 0 heterocycles. The van der Waals surface area contributed by atoms with Crippen molar-refractivity contribution in [1.29, 1.82) is 0 Å². The first-order chi connectivity index (χ1) is 11.9. The van der Waals surface area contributed by atoms with Gasteiger partial charge in [-0.2, -0.15) is 0 Å². The maximum absolute atomic E-state index is 5.45. The Balaban J connectivity index is 2.79. The molecule has 2 nitrogen and oxygen atoms in total. The summed E-state index contributed by atoms with van der Waals surface area (Å²) in [6, 6.07) is 6.14. The first kappa shape index (κ1) is 21.1. The molecule has 1 atom stereocenters. The van der Waals surface area contributed by atoms with Crippen molar-refractivity contribution >= 4 is 0 Å². The molecular weight excluding hydrogens is 308 g/mol. The van der Waals surface area contributed by atoms with Gasteiger partial charge in [-0.25, -0.2) is 0 Å². The van der Waals surface area contributed by atoms with Crippen LogP contribution in [0.25, 0.3) is 0 Å². The average molecular weight is 343 g/mol. The van der Waals surface area contributed by atoms with Gasteiger partial charge in [0.1, 0.15) is 0 Å². The van der Waals surface area contributed by atoms with Gasteiger partial charge in [0.15, 0.2) is 11.5 Å². The van der Waals surface area contributed by atoms with E-state index in [0.29, 0.717) is 0 Å². The SMILES string of the molecule is C=CC(C)(CC/C=C(\C)CCC=C(C)C)c1ccc(OC)c(OC)c1. The molecule has 0 saturated heterocycles. The second kappa shape index (κ2) is 10.1. The lowest BCUT2D eigenvalue weighted by Gasteiger charge is -2.27. The lowest BCUT2D eigenvalue weighted by molar-refractivity contribution is 0.353. The van der Waals surface area contributed by atoms with Crippen LogP contribution in [0.5, 0.6) is 11.5 Å². The number of hydrogen-bond acceptors (Lipinski definition) is 2. The summed E-state index contributed by atoms with van der Waals surface area (Å²) < 4.78 is 10.8. The van der Waals surface area contributed by atoms with Crippen LogP contribution in [0.2, 0.25) is 0 Å². The van der Waals surface area contributed by atoms with Gasteiger partial charge in [-0.3, -0.25) is 0 Å². The molecule has 2 heteroatoms. The number of benzene rings is 1. The van der Waals surface area contributed by atoms with Gasteiger partial charge in [0, 0.05) is 5.41 Å². The molecule has 0 bridgehead atoms. The van der Waals surface area contributed by atoms with Crippen LogP contribution in [-0.2, 0) is 5.41 Å². The van der Waals surface area contributed by atoms with Crippen molar-refractivity contribution in [3.8, 4) is 11.5 Å². The van der Waals surface area contributed by atoms with E-state index < -0.39 is 0 Å². The van der Waals surface area contributed by atoms with Crippen molar-refractivity contribution in [2.45, 2.75) is 58.8 Å². The zero-order chi connectivity index (χ0) is 18.9. The summed E-state index contributed by atoms with van der Waals surface area (Å²) in [6.45, 7) is 12.8. The Labute approximate surface area is 154 Å². The molecule has 0 N–H and O–H groups in total. The molecular formula is C23H34O2. The smallest absolute Gasteiger partial charge is 0.161 e. The molecule has 0 radical (unpaired) electrons. The highest BCUT2D eigenvalue weighted by molar-refractivity contribution is 5.46. The minimum atomic E-state index is -0.0871. The number of allylic oxidation sites excluding steroid dienone is 5. The molecule has 0 amide bonds. The number of methoxy groups -OCH3 is 2. The van der Waals surface area contributed by atoms with Crippen LogP contribution in [0.3, 0.4) is 0 Å². The van der Waals surface area contributed by atoms with E-state index in [9.17, 15) is 0 Å². The number of rotatable bonds is 10. The van der Waals surface area contributed by atoms with Gasteiger partial charge < -0.3 is 9.47 Å². The average Bonchev–Trinajstić information content (AvgIpc) is 2.60. The predicted molar refractivity (Wildman–Crippen MR) is 109 cm³/mol. The third-order valence-corrected chi connectivity index (χ3v) is 4.74. The number of hydrogen-bond donors (Lipinski definition) is 0. The van der Waals surface area contributed by atoms with Crippen LogP contribution >= 0.6 is 0 Å². The maximum atomic E-state index is 5.45. The topological polar surface area (TPSA) is 18.5 Å². The van der Waals surface area contributed by atoms with Crippen molar-refractivity contribution < 1.29 is 9.47 Å². The van der Waals surface area contributed by atoms with E-state index in [1.807, 2.05) is 12.1 Å². The molecule has 0 aliphatic heterocycles. The van der Waals surface area contributed by atoms with Crippen molar-refractivity contribution in [2.24, 2.45) is 0 Å². The van der Waals surface area contributed by atoms with Crippen LogP contribution in [-0.4, -0.2) is 14.2 Å². The maximum Gasteiger partial charge on any atom is 0.161 e. The standard InChI is InChI=1S/C23H34O2/c1-8-23(5,16-10-13-19(4)12-9-11-18(2)3)20-14-15-21(24-6)22(17-20)25-7/h8,11,13-15,17H,1,9-10,12,16H2,2-7H3/b19-13+. The lowest BCUT2D eigenvalue weighted by atomic mass is 9.78. The van der Waals surface area contributed by atoms with Gasteiger partial charge >= 0.3 is 0 Å². The predicted octanol–water partition coefficient (Wildman–Crippen LogP) is 6.62. The van der Waals surface area contributed by atoms with Gasteiger partial charge in [0.2, 0.25) is 0 Å². The fourth-order valence-electron chi connectivity index (χ4n) is 2.86. The molecule has 1 aromatic rings. The Morgan fingerprint density at radius 3 is 2.28 bits per heavy atom. The first-order valence-corrected chi connectivity index (χ1v) is 9.01. The third-order valence-electron chi connectivity index (χ3n) is 4.74. The Kier molecular flexibility index (Phi) is 8.54. The van der Waals surface area contributed by atoms with E-state index in [4.69, 9.17) is 9.47 Å². The molecule has 1 rings (SSSR count). The molecule has 0 aromatic heterocycles. The van der Waals surface area contributed by atoms with Gasteiger partial charge in [-0.15, -0.1) is 6.58 Å². The van der Waals surface area contributed by atoms with Crippen molar-refractivity contribution in [1.82, 2.24) is 0 Å². The monoisotopic (exact) mass is 342 g/mol. The van der Waals surface area contributed by atoms with Gasteiger partial charge in [-0.05, 0) is 64.2 Å². The second-order valence-corrected chi connectivity index (χ2v) is 7.10. The minimum absolute atomic E-state index is 0.0871. The van der Waals surface area contributed by atoms with Crippen molar-refractivity contribution in [3.05, 3.63) is 59.7 Å². The largest absolute Gasteiger partial charge is 0.493 e. The summed E-state index contributed by atoms with van der Waals surface area (Å²) in [6.07, 6.45) is 11.0. The summed E-state index contributed by atoms with van der Waals surface area (Å²) in [5.74, 6) is 1.52. The first-order valence-electron chi connectivity index (χ1n) is 9.01. The molecule has 138 valence electrons. The Morgan fingerprint density at radius 2 is 1.72 bits per heavy atom. The zero-order valence-electron chi connectivity index (χ0n) is 16.8. The van der Waals surface area contributed by atoms with Crippen molar-refractivity contribution in [2.75, 3.05) is 14.2 Å². The van der Waals surface area contributed by atoms with Gasteiger partial charge in [0.05, 0.1) is 14.2 Å². The van der Waals surface area contributed by atoms with Crippen LogP contribution in [0, 0.1) is 0 Å². The van der Waals surface area contributed by atoms with Gasteiger partial charge in [0.25, 0.3) is 0 Å². The van der Waals surface area contributed by atoms with Crippen LogP contribution in [0.15, 0.2) is 54.2 Å². The van der Waals surface area contributed by atoms with Crippen LogP contribution < -0.4 is 9.47 Å². The van der Waals surface area contributed by atoms with E-state index in [1.54, 1.807) is 14.2 Å². The molecule has 1 aromatic carbocycles. The molecule has 0 saturated carbocycles. The Bertz CT molecular complexity index is 621. The summed E-state index contributed by atoms with van der Waals surface area (Å²) in [4.78, 5) is 0. The van der Waals surface area contributed by atoms with Gasteiger partial charge in [-0.1, -0.05) is 42.4 Å². The summed E-state index contributed by atoms with van der Waals surface area (Å²) in [7, 11) is 3.33. The summed E-state index contributed by atoms with van der Waals surface area (Å²) in [5, 5.41) is 0. The Morgan fingerprint density at radius 1 is 1.04 bits per heavy atom. The van der Waals surface area contributed by atoms with E-state index in [0.717, 1.165) is 37.2 Å². The van der Waals surface area contributed by atoms with E-state index >= 15 is 0 Å². The lowest BCUT2D eigenvalue weighted by Crippen LogP contribution is -2.18. The highest BCUT2D eigenvalue weighted by Gasteiger charge is 2.23. The quantitative estimate of drug-likeness (QED) is 0.445. The molecule has 0 aliphatic carbocycles. The summed E-state index contributed by atoms with van der Waals surface area (Å²) in [5.41, 5.74) is 3.96.